The highest BCUT2D eigenvalue weighted by atomic mass is 32.2. The third-order valence-electron chi connectivity index (χ3n) is 3.71. The summed E-state index contributed by atoms with van der Waals surface area (Å²) >= 11 is 0. The molecule has 0 aliphatic carbocycles. The van der Waals surface area contributed by atoms with Crippen molar-refractivity contribution in [3.8, 4) is 0 Å². The molecule has 0 amide bonds. The normalized spacial score (nSPS) is 19.1. The van der Waals surface area contributed by atoms with Crippen molar-refractivity contribution in [2.24, 2.45) is 0 Å². The zero-order chi connectivity index (χ0) is 15.0. The number of carboxylic acid groups (broad SMARTS) is 1. The molecule has 2 rings (SSSR count). The van der Waals surface area contributed by atoms with Crippen LogP contribution in [0.1, 0.15) is 42.6 Å². The molecule has 0 bridgehead atoms. The number of carbonyl (C=O) groups is 1. The Morgan fingerprint density at radius 1 is 1.30 bits per heavy atom. The maximum Gasteiger partial charge on any atom is 0.335 e. The van der Waals surface area contributed by atoms with Gasteiger partial charge in [0.25, 0.3) is 0 Å². The highest BCUT2D eigenvalue weighted by Gasteiger charge is 2.39. The molecule has 0 unspecified atom stereocenters. The van der Waals surface area contributed by atoms with Crippen molar-refractivity contribution >= 4 is 16.0 Å². The van der Waals surface area contributed by atoms with Gasteiger partial charge in [-0.2, -0.15) is 4.31 Å². The fourth-order valence-corrected chi connectivity index (χ4v) is 4.65. The first-order valence-electron chi connectivity index (χ1n) is 6.55. The van der Waals surface area contributed by atoms with Gasteiger partial charge in [0.05, 0.1) is 11.3 Å². The summed E-state index contributed by atoms with van der Waals surface area (Å²) in [6.45, 7) is 4.43. The molecule has 20 heavy (non-hydrogen) atoms. The van der Waals surface area contributed by atoms with Crippen molar-refractivity contribution in [2.45, 2.75) is 38.0 Å². The van der Waals surface area contributed by atoms with Gasteiger partial charge in [-0.25, -0.2) is 13.2 Å². The molecule has 5 nitrogen and oxygen atoms in total. The van der Waals surface area contributed by atoms with E-state index in [9.17, 15) is 13.2 Å². The van der Waals surface area contributed by atoms with Crippen molar-refractivity contribution in [1.82, 2.24) is 4.31 Å². The first kappa shape index (κ1) is 15.0. The van der Waals surface area contributed by atoms with Gasteiger partial charge >= 0.3 is 5.97 Å². The molecule has 1 saturated heterocycles. The van der Waals surface area contributed by atoms with E-state index in [1.54, 1.807) is 16.4 Å². The topological polar surface area (TPSA) is 74.7 Å². The number of benzene rings is 1. The van der Waals surface area contributed by atoms with Crippen LogP contribution >= 0.6 is 0 Å². The molecule has 1 N–H and O–H groups in total. The molecular formula is C14H19NO4S. The van der Waals surface area contributed by atoms with E-state index >= 15 is 0 Å². The molecule has 1 aromatic carbocycles. The number of nitrogens with zero attached hydrogens (tertiary/aromatic N) is 1. The van der Waals surface area contributed by atoms with Gasteiger partial charge in [-0.15, -0.1) is 0 Å². The highest BCUT2D eigenvalue weighted by Crippen LogP contribution is 2.32. The summed E-state index contributed by atoms with van der Waals surface area (Å²) in [4.78, 5) is 10.8. The first-order chi connectivity index (χ1) is 9.22. The molecule has 1 aromatic rings. The average Bonchev–Trinajstić information content (AvgIpc) is 2.70. The van der Waals surface area contributed by atoms with E-state index in [-0.39, 0.29) is 16.9 Å². The van der Waals surface area contributed by atoms with Gasteiger partial charge in [0.1, 0.15) is 0 Å². The lowest BCUT2D eigenvalue weighted by Gasteiger charge is -2.30. The van der Waals surface area contributed by atoms with E-state index < -0.39 is 16.0 Å². The SMILES string of the molecule is CC1(C)CCCN1S(=O)(=O)Cc1ccc(C(=O)O)cc1. The molecule has 6 heteroatoms. The van der Waals surface area contributed by atoms with E-state index in [1.807, 2.05) is 13.8 Å². The van der Waals surface area contributed by atoms with Crippen LogP contribution in [0.4, 0.5) is 0 Å². The van der Waals surface area contributed by atoms with Crippen molar-refractivity contribution < 1.29 is 18.3 Å². The molecule has 0 radical (unpaired) electrons. The summed E-state index contributed by atoms with van der Waals surface area (Å²) in [5, 5.41) is 8.82. The lowest BCUT2D eigenvalue weighted by molar-refractivity contribution is 0.0697. The van der Waals surface area contributed by atoms with Crippen LogP contribution in [0.3, 0.4) is 0 Å². The van der Waals surface area contributed by atoms with Gasteiger partial charge in [-0.05, 0) is 44.4 Å². The second-order valence-corrected chi connectivity index (χ2v) is 7.64. The van der Waals surface area contributed by atoms with Gasteiger partial charge < -0.3 is 5.11 Å². The summed E-state index contributed by atoms with van der Waals surface area (Å²) in [6.07, 6.45) is 1.74. The maximum absolute atomic E-state index is 12.4. The van der Waals surface area contributed by atoms with E-state index in [4.69, 9.17) is 5.11 Å². The molecule has 0 atom stereocenters. The van der Waals surface area contributed by atoms with Crippen LogP contribution < -0.4 is 0 Å². The Morgan fingerprint density at radius 2 is 1.90 bits per heavy atom. The molecular weight excluding hydrogens is 278 g/mol. The molecule has 1 fully saturated rings. The first-order valence-corrected chi connectivity index (χ1v) is 8.16. The Balaban J connectivity index is 2.18. The van der Waals surface area contributed by atoms with Crippen LogP contribution in [0.5, 0.6) is 0 Å². The minimum atomic E-state index is -3.37. The molecule has 1 aliphatic rings. The summed E-state index contributed by atoms with van der Waals surface area (Å²) < 4.78 is 26.5. The van der Waals surface area contributed by atoms with Gasteiger partial charge in [0.2, 0.25) is 10.0 Å². The molecule has 1 aliphatic heterocycles. The number of sulfonamides is 1. The van der Waals surface area contributed by atoms with Crippen LogP contribution in [0, 0.1) is 0 Å². The highest BCUT2D eigenvalue weighted by molar-refractivity contribution is 7.88. The Hall–Kier alpha value is -1.40. The van der Waals surface area contributed by atoms with Gasteiger partial charge in [0, 0.05) is 12.1 Å². The quantitative estimate of drug-likeness (QED) is 0.923. The van der Waals surface area contributed by atoms with Crippen molar-refractivity contribution in [2.75, 3.05) is 6.54 Å². The minimum absolute atomic E-state index is 0.0870. The summed E-state index contributed by atoms with van der Waals surface area (Å²) in [5.74, 6) is -1.10. The third kappa shape index (κ3) is 3.02. The second kappa shape index (κ2) is 5.18. The number of hydrogen-bond donors (Lipinski definition) is 1. The van der Waals surface area contributed by atoms with E-state index in [2.05, 4.69) is 0 Å². The number of carboxylic acids is 1. The predicted octanol–water partition coefficient (Wildman–Crippen LogP) is 2.09. The fraction of sp³-hybridized carbons (Fsp3) is 0.500. The molecule has 110 valence electrons. The van der Waals surface area contributed by atoms with Gasteiger partial charge in [-0.3, -0.25) is 0 Å². The molecule has 0 saturated carbocycles. The van der Waals surface area contributed by atoms with E-state index in [1.165, 1.54) is 12.1 Å². The Kier molecular flexibility index (Phi) is 3.88. The largest absolute Gasteiger partial charge is 0.478 e. The minimum Gasteiger partial charge on any atom is -0.478 e. The maximum atomic E-state index is 12.4. The lowest BCUT2D eigenvalue weighted by Crippen LogP contribution is -2.43. The van der Waals surface area contributed by atoms with Crippen LogP contribution in [-0.4, -0.2) is 35.9 Å². The van der Waals surface area contributed by atoms with Crippen LogP contribution in [0.25, 0.3) is 0 Å². The summed E-state index contributed by atoms with van der Waals surface area (Å²) in [5.41, 5.74) is 0.435. The summed E-state index contributed by atoms with van der Waals surface area (Å²) in [6, 6.07) is 5.98. The van der Waals surface area contributed by atoms with E-state index in [0.29, 0.717) is 12.1 Å². The number of hydrogen-bond acceptors (Lipinski definition) is 3. The zero-order valence-electron chi connectivity index (χ0n) is 11.7. The average molecular weight is 297 g/mol. The Bertz CT molecular complexity index is 605. The monoisotopic (exact) mass is 297 g/mol. The van der Waals surface area contributed by atoms with Crippen molar-refractivity contribution in [3.63, 3.8) is 0 Å². The second-order valence-electron chi connectivity index (χ2n) is 5.75. The Labute approximate surface area is 119 Å². The predicted molar refractivity (Wildman–Crippen MR) is 76.0 cm³/mol. The van der Waals surface area contributed by atoms with Gasteiger partial charge in [-0.1, -0.05) is 12.1 Å². The van der Waals surface area contributed by atoms with Crippen LogP contribution in [0.2, 0.25) is 0 Å². The van der Waals surface area contributed by atoms with Crippen molar-refractivity contribution in [1.29, 1.82) is 0 Å². The molecule has 0 aromatic heterocycles. The molecule has 0 spiro atoms. The Morgan fingerprint density at radius 3 is 2.35 bits per heavy atom. The zero-order valence-corrected chi connectivity index (χ0v) is 12.5. The fourth-order valence-electron chi connectivity index (χ4n) is 2.63. The van der Waals surface area contributed by atoms with Crippen LogP contribution in [0.15, 0.2) is 24.3 Å². The molecule has 1 heterocycles. The number of rotatable bonds is 4. The van der Waals surface area contributed by atoms with Gasteiger partial charge in [0.15, 0.2) is 0 Å². The van der Waals surface area contributed by atoms with Crippen molar-refractivity contribution in [3.05, 3.63) is 35.4 Å². The van der Waals surface area contributed by atoms with Crippen LogP contribution in [-0.2, 0) is 15.8 Å². The smallest absolute Gasteiger partial charge is 0.335 e. The van der Waals surface area contributed by atoms with E-state index in [0.717, 1.165) is 12.8 Å². The summed E-state index contributed by atoms with van der Waals surface area (Å²) in [7, 11) is -3.37. The third-order valence-corrected chi connectivity index (χ3v) is 5.76. The number of aromatic carboxylic acids is 1. The lowest BCUT2D eigenvalue weighted by atomic mass is 10.0. The standard InChI is InChI=1S/C14H19NO4S/c1-14(2)8-3-9-15(14)20(18,19)10-11-4-6-12(7-5-11)13(16)17/h4-7H,3,8-10H2,1-2H3,(H,16,17).